The fourth-order valence-corrected chi connectivity index (χ4v) is 5.08. The summed E-state index contributed by atoms with van der Waals surface area (Å²) in [6.45, 7) is 8.02. The van der Waals surface area contributed by atoms with Crippen LogP contribution in [0, 0.1) is 0 Å². The van der Waals surface area contributed by atoms with Crippen LogP contribution >= 0.6 is 0 Å². The summed E-state index contributed by atoms with van der Waals surface area (Å²) in [4.78, 5) is 24.7. The Kier molecular flexibility index (Phi) is 7.20. The van der Waals surface area contributed by atoms with E-state index in [-0.39, 0.29) is 30.4 Å². The number of hydrogen-bond acceptors (Lipinski definition) is 6. The van der Waals surface area contributed by atoms with Crippen molar-refractivity contribution >= 4 is 25.2 Å². The molecule has 0 atom stereocenters. The zero-order valence-electron chi connectivity index (χ0n) is 23.1. The van der Waals surface area contributed by atoms with Gasteiger partial charge in [0, 0.05) is 12.5 Å². The molecule has 3 aromatic rings. The molecule has 2 amide bonds. The molecule has 1 aliphatic heterocycles. The second-order valence-electron chi connectivity index (χ2n) is 11.1. The predicted molar refractivity (Wildman–Crippen MR) is 154 cm³/mol. The number of alkyl carbamates (subject to hydrolysis) is 1. The standard InChI is InChI=1S/C31H33BN2O6/c1-30(2)31(3,4)40-32(39-30)20(15-19-13-14-27(35)25(16-19)28(33)36)17-34-29(37)38-18-26-23-11-7-5-9-21(23)22-10-6-8-12-24(22)26/h5-16,26,35H,17-18H2,1-4H3,(H2,33,36)(H,34,37). The minimum atomic E-state index is -0.760. The number of fused-ring (bicyclic) bond motifs is 3. The predicted octanol–water partition coefficient (Wildman–Crippen LogP) is 5.04. The van der Waals surface area contributed by atoms with E-state index in [1.54, 1.807) is 12.1 Å². The lowest BCUT2D eigenvalue weighted by atomic mass is 9.77. The van der Waals surface area contributed by atoms with Gasteiger partial charge in [-0.25, -0.2) is 4.79 Å². The lowest BCUT2D eigenvalue weighted by molar-refractivity contribution is 0.00578. The maximum absolute atomic E-state index is 12.9. The van der Waals surface area contributed by atoms with Crippen LogP contribution in [-0.2, 0) is 14.0 Å². The highest BCUT2D eigenvalue weighted by atomic mass is 16.7. The van der Waals surface area contributed by atoms with Gasteiger partial charge in [0.1, 0.15) is 12.4 Å². The molecular formula is C31H33BN2O6. The zero-order valence-corrected chi connectivity index (χ0v) is 23.1. The van der Waals surface area contributed by atoms with Crippen molar-refractivity contribution < 1.29 is 28.7 Å². The molecule has 8 nitrogen and oxygen atoms in total. The molecule has 1 aliphatic carbocycles. The minimum absolute atomic E-state index is 0.00786. The number of hydrogen-bond donors (Lipinski definition) is 3. The average molecular weight is 540 g/mol. The van der Waals surface area contributed by atoms with Gasteiger partial charge in [0.05, 0.1) is 16.8 Å². The molecule has 5 rings (SSSR count). The normalized spacial score (nSPS) is 17.3. The summed E-state index contributed by atoms with van der Waals surface area (Å²) in [5.41, 5.74) is 9.96. The van der Waals surface area contributed by atoms with Crippen LogP contribution in [0.15, 0.2) is 72.2 Å². The van der Waals surface area contributed by atoms with Crippen molar-refractivity contribution in [3.05, 3.63) is 94.5 Å². The summed E-state index contributed by atoms with van der Waals surface area (Å²) >= 11 is 0. The Morgan fingerprint density at radius 3 is 2.12 bits per heavy atom. The molecule has 0 unspecified atom stereocenters. The zero-order chi connectivity index (χ0) is 28.7. The maximum Gasteiger partial charge on any atom is 0.492 e. The van der Waals surface area contributed by atoms with Crippen molar-refractivity contribution in [1.29, 1.82) is 0 Å². The number of primary amides is 1. The van der Waals surface area contributed by atoms with Crippen molar-refractivity contribution in [3.8, 4) is 16.9 Å². The van der Waals surface area contributed by atoms with Gasteiger partial charge in [-0.05, 0) is 73.1 Å². The number of phenols is 1. The van der Waals surface area contributed by atoms with Crippen LogP contribution in [0.25, 0.3) is 17.2 Å². The van der Waals surface area contributed by atoms with E-state index in [4.69, 9.17) is 19.8 Å². The van der Waals surface area contributed by atoms with E-state index in [1.807, 2.05) is 52.0 Å². The van der Waals surface area contributed by atoms with Crippen LogP contribution in [0.2, 0.25) is 0 Å². The lowest BCUT2D eigenvalue weighted by Gasteiger charge is -2.32. The number of amides is 2. The van der Waals surface area contributed by atoms with E-state index in [0.717, 1.165) is 22.3 Å². The molecule has 0 bridgehead atoms. The molecule has 40 heavy (non-hydrogen) atoms. The Balaban J connectivity index is 1.33. The van der Waals surface area contributed by atoms with E-state index in [1.165, 1.54) is 12.1 Å². The first-order valence-corrected chi connectivity index (χ1v) is 13.2. The summed E-state index contributed by atoms with van der Waals surface area (Å²) in [7, 11) is -0.760. The SMILES string of the molecule is CC1(C)OB(C(=Cc2ccc(O)c(C(N)=O)c2)CNC(=O)OCC2c3ccccc3-c3ccccc32)OC1(C)C. The van der Waals surface area contributed by atoms with Gasteiger partial charge in [-0.1, -0.05) is 60.7 Å². The van der Waals surface area contributed by atoms with E-state index in [2.05, 4.69) is 29.6 Å². The largest absolute Gasteiger partial charge is 0.507 e. The van der Waals surface area contributed by atoms with Crippen molar-refractivity contribution in [3.63, 3.8) is 0 Å². The molecule has 3 aromatic carbocycles. The third-order valence-corrected chi connectivity index (χ3v) is 7.97. The van der Waals surface area contributed by atoms with Crippen molar-refractivity contribution in [1.82, 2.24) is 5.32 Å². The van der Waals surface area contributed by atoms with Crippen molar-refractivity contribution in [2.75, 3.05) is 13.2 Å². The second-order valence-corrected chi connectivity index (χ2v) is 11.1. The van der Waals surface area contributed by atoms with Gasteiger partial charge in [-0.2, -0.15) is 0 Å². The third-order valence-electron chi connectivity index (χ3n) is 7.97. The topological polar surface area (TPSA) is 120 Å². The third kappa shape index (κ3) is 5.22. The minimum Gasteiger partial charge on any atom is -0.507 e. The van der Waals surface area contributed by atoms with Gasteiger partial charge in [0.15, 0.2) is 0 Å². The van der Waals surface area contributed by atoms with Crippen LogP contribution in [0.4, 0.5) is 4.79 Å². The maximum atomic E-state index is 12.9. The van der Waals surface area contributed by atoms with Gasteiger partial charge >= 0.3 is 13.2 Å². The molecule has 0 radical (unpaired) electrons. The highest BCUT2D eigenvalue weighted by Crippen LogP contribution is 2.44. The molecule has 4 N–H and O–H groups in total. The Morgan fingerprint density at radius 1 is 0.975 bits per heavy atom. The summed E-state index contributed by atoms with van der Waals surface area (Å²) in [5, 5.41) is 12.8. The first kappa shape index (κ1) is 27.5. The smallest absolute Gasteiger partial charge is 0.492 e. The quantitative estimate of drug-likeness (QED) is 0.361. The molecule has 0 spiro atoms. The molecule has 1 saturated heterocycles. The molecule has 1 fully saturated rings. The molecule has 9 heteroatoms. The van der Waals surface area contributed by atoms with E-state index in [0.29, 0.717) is 11.0 Å². The molecule has 2 aliphatic rings. The summed E-state index contributed by atoms with van der Waals surface area (Å²) in [5.74, 6) is -1.01. The fourth-order valence-electron chi connectivity index (χ4n) is 5.08. The van der Waals surface area contributed by atoms with Gasteiger partial charge in [0.25, 0.3) is 5.91 Å². The Bertz CT molecular complexity index is 1440. The van der Waals surface area contributed by atoms with Gasteiger partial charge < -0.3 is 30.2 Å². The van der Waals surface area contributed by atoms with E-state index < -0.39 is 30.3 Å². The Hall–Kier alpha value is -4.08. The van der Waals surface area contributed by atoms with Crippen LogP contribution in [0.1, 0.15) is 60.7 Å². The molecular weight excluding hydrogens is 507 g/mol. The summed E-state index contributed by atoms with van der Waals surface area (Å²) in [6.07, 6.45) is 1.17. The summed E-state index contributed by atoms with van der Waals surface area (Å²) < 4.78 is 18.2. The lowest BCUT2D eigenvalue weighted by Crippen LogP contribution is -2.41. The van der Waals surface area contributed by atoms with Crippen LogP contribution < -0.4 is 11.1 Å². The van der Waals surface area contributed by atoms with Gasteiger partial charge in [0.2, 0.25) is 0 Å². The highest BCUT2D eigenvalue weighted by molar-refractivity contribution is 6.56. The molecule has 1 heterocycles. The van der Waals surface area contributed by atoms with Crippen LogP contribution in [0.3, 0.4) is 0 Å². The van der Waals surface area contributed by atoms with Crippen LogP contribution in [-0.4, -0.2) is 48.6 Å². The number of aromatic hydroxyl groups is 1. The van der Waals surface area contributed by atoms with Crippen molar-refractivity contribution in [2.45, 2.75) is 44.8 Å². The Labute approximate surface area is 234 Å². The van der Waals surface area contributed by atoms with Gasteiger partial charge in [-0.3, -0.25) is 4.79 Å². The number of ether oxygens (including phenoxy) is 1. The second kappa shape index (κ2) is 10.5. The number of rotatable bonds is 7. The van der Waals surface area contributed by atoms with Crippen molar-refractivity contribution in [2.24, 2.45) is 5.73 Å². The molecule has 0 aromatic heterocycles. The average Bonchev–Trinajstić information content (AvgIpc) is 3.35. The first-order valence-electron chi connectivity index (χ1n) is 13.2. The molecule has 0 saturated carbocycles. The highest BCUT2D eigenvalue weighted by Gasteiger charge is 2.52. The number of carbonyl (C=O) groups is 2. The molecule has 206 valence electrons. The van der Waals surface area contributed by atoms with E-state index in [9.17, 15) is 14.7 Å². The number of nitrogens with one attached hydrogen (secondary N) is 1. The summed E-state index contributed by atoms with van der Waals surface area (Å²) in [6, 6.07) is 20.8. The van der Waals surface area contributed by atoms with Crippen LogP contribution in [0.5, 0.6) is 5.75 Å². The first-order chi connectivity index (χ1) is 19.0. The monoisotopic (exact) mass is 540 g/mol. The number of nitrogens with two attached hydrogens (primary N) is 1. The van der Waals surface area contributed by atoms with Gasteiger partial charge in [-0.15, -0.1) is 0 Å². The van der Waals surface area contributed by atoms with E-state index >= 15 is 0 Å². The fraction of sp³-hybridized carbons (Fsp3) is 0.290. The number of carbonyl (C=O) groups excluding carboxylic acids is 2. The number of benzene rings is 3. The Morgan fingerprint density at radius 2 is 1.55 bits per heavy atom.